The van der Waals surface area contributed by atoms with Crippen LogP contribution in [0.5, 0.6) is 0 Å². The first-order chi connectivity index (χ1) is 12.5. The van der Waals surface area contributed by atoms with E-state index in [0.29, 0.717) is 6.42 Å². The van der Waals surface area contributed by atoms with Gasteiger partial charge in [-0.15, -0.1) is 6.58 Å². The predicted octanol–water partition coefficient (Wildman–Crippen LogP) is 6.63. The van der Waals surface area contributed by atoms with E-state index >= 15 is 0 Å². The fourth-order valence-electron chi connectivity index (χ4n) is 3.91. The normalized spacial score (nSPS) is 29.1. The SMILES string of the molecule is C=CC[C@]1(O[Si](C)(C)C(C)(C)C)C[C@@H]2CC(=O)C=C2[C@H]1O[Si](C)(C)C(C)(C)C. The van der Waals surface area contributed by atoms with E-state index in [0.717, 1.165) is 12.8 Å². The lowest BCUT2D eigenvalue weighted by molar-refractivity contribution is -0.114. The van der Waals surface area contributed by atoms with E-state index in [1.165, 1.54) is 5.57 Å². The van der Waals surface area contributed by atoms with Crippen LogP contribution in [0.1, 0.15) is 60.8 Å². The second-order valence-corrected chi connectivity index (χ2v) is 21.4. The van der Waals surface area contributed by atoms with Crippen LogP contribution in [0.15, 0.2) is 24.3 Å². The molecule has 0 spiro atoms. The zero-order valence-electron chi connectivity index (χ0n) is 19.9. The lowest BCUT2D eigenvalue weighted by Gasteiger charge is -2.49. The van der Waals surface area contributed by atoms with E-state index in [4.69, 9.17) is 8.85 Å². The molecular formula is C23H42O3Si2. The van der Waals surface area contributed by atoms with Gasteiger partial charge in [-0.25, -0.2) is 0 Å². The third kappa shape index (κ3) is 4.32. The van der Waals surface area contributed by atoms with Crippen molar-refractivity contribution >= 4 is 22.4 Å². The average molecular weight is 423 g/mol. The molecule has 0 bridgehead atoms. The Balaban J connectivity index is 2.54. The summed E-state index contributed by atoms with van der Waals surface area (Å²) in [5.74, 6) is 0.496. The van der Waals surface area contributed by atoms with Crippen LogP contribution in [-0.2, 0) is 13.6 Å². The van der Waals surface area contributed by atoms with Crippen LogP contribution in [-0.4, -0.2) is 34.1 Å². The third-order valence-corrected chi connectivity index (χ3v) is 16.6. The number of hydrogen-bond acceptors (Lipinski definition) is 3. The van der Waals surface area contributed by atoms with Crippen molar-refractivity contribution in [1.29, 1.82) is 0 Å². The fourth-order valence-corrected chi connectivity index (χ4v) is 6.80. The van der Waals surface area contributed by atoms with Crippen molar-refractivity contribution < 1.29 is 13.6 Å². The number of ketones is 1. The molecule has 0 aromatic heterocycles. The Morgan fingerprint density at radius 2 is 1.64 bits per heavy atom. The first kappa shape index (κ1) is 23.8. The molecule has 3 atom stereocenters. The summed E-state index contributed by atoms with van der Waals surface area (Å²) in [5, 5.41) is 0.218. The highest BCUT2D eigenvalue weighted by Gasteiger charge is 2.58. The minimum Gasteiger partial charge on any atom is -0.408 e. The second kappa shape index (κ2) is 7.33. The predicted molar refractivity (Wildman–Crippen MR) is 124 cm³/mol. The van der Waals surface area contributed by atoms with Gasteiger partial charge in [0.1, 0.15) is 0 Å². The molecule has 2 rings (SSSR count). The summed E-state index contributed by atoms with van der Waals surface area (Å²) in [6.45, 7) is 26.9. The van der Waals surface area contributed by atoms with Crippen molar-refractivity contribution in [3.8, 4) is 0 Å². The fraction of sp³-hybridized carbons (Fsp3) is 0.783. The van der Waals surface area contributed by atoms with E-state index in [9.17, 15) is 4.79 Å². The Morgan fingerprint density at radius 1 is 1.11 bits per heavy atom. The van der Waals surface area contributed by atoms with Crippen molar-refractivity contribution in [2.24, 2.45) is 5.92 Å². The maximum Gasteiger partial charge on any atom is 0.193 e. The highest BCUT2D eigenvalue weighted by molar-refractivity contribution is 6.74. The second-order valence-electron chi connectivity index (χ2n) is 11.9. The Hall–Kier alpha value is -0.496. The topological polar surface area (TPSA) is 35.5 Å². The molecule has 3 nitrogen and oxygen atoms in total. The van der Waals surface area contributed by atoms with Gasteiger partial charge in [0.2, 0.25) is 0 Å². The van der Waals surface area contributed by atoms with Crippen LogP contribution in [0.2, 0.25) is 36.3 Å². The molecule has 160 valence electrons. The zero-order chi connectivity index (χ0) is 21.8. The highest BCUT2D eigenvalue weighted by atomic mass is 28.4. The van der Waals surface area contributed by atoms with Gasteiger partial charge in [-0.3, -0.25) is 4.79 Å². The molecular weight excluding hydrogens is 380 g/mol. The van der Waals surface area contributed by atoms with E-state index in [-0.39, 0.29) is 27.9 Å². The summed E-state index contributed by atoms with van der Waals surface area (Å²) in [4.78, 5) is 12.2. The lowest BCUT2D eigenvalue weighted by Crippen LogP contribution is -2.57. The van der Waals surface area contributed by atoms with Gasteiger partial charge in [0.25, 0.3) is 0 Å². The summed E-state index contributed by atoms with van der Waals surface area (Å²) >= 11 is 0. The summed E-state index contributed by atoms with van der Waals surface area (Å²) < 4.78 is 14.2. The molecule has 5 heteroatoms. The molecule has 0 amide bonds. The molecule has 28 heavy (non-hydrogen) atoms. The Morgan fingerprint density at radius 3 is 2.11 bits per heavy atom. The number of allylic oxidation sites excluding steroid dienone is 1. The Kier molecular flexibility index (Phi) is 6.22. The maximum atomic E-state index is 12.2. The molecule has 2 aliphatic rings. The van der Waals surface area contributed by atoms with Crippen LogP contribution < -0.4 is 0 Å². The molecule has 1 fully saturated rings. The summed E-state index contributed by atoms with van der Waals surface area (Å²) in [5.41, 5.74) is 0.771. The largest absolute Gasteiger partial charge is 0.408 e. The molecule has 2 aliphatic carbocycles. The molecule has 0 N–H and O–H groups in total. The minimum atomic E-state index is -2.04. The Labute approximate surface area is 175 Å². The van der Waals surface area contributed by atoms with Crippen LogP contribution >= 0.6 is 0 Å². The van der Waals surface area contributed by atoms with Gasteiger partial charge in [0.15, 0.2) is 22.4 Å². The van der Waals surface area contributed by atoms with Crippen molar-refractivity contribution in [2.45, 2.75) is 109 Å². The molecule has 0 unspecified atom stereocenters. The van der Waals surface area contributed by atoms with Crippen molar-refractivity contribution in [3.63, 3.8) is 0 Å². The van der Waals surface area contributed by atoms with Gasteiger partial charge in [-0.2, -0.15) is 0 Å². The standard InChI is InChI=1S/C23H42O3Si2/c1-12-13-23(26-28(10,11)22(5,6)7)16-17-14-18(24)15-19(17)20(23)25-27(8,9)21(2,3)4/h12,15,17,20H,1,13-14,16H2,2-11H3/t17-,20+,23-/m0/s1. The number of rotatable bonds is 6. The van der Waals surface area contributed by atoms with E-state index < -0.39 is 22.2 Å². The third-order valence-electron chi connectivity index (χ3n) is 7.59. The first-order valence-corrected chi connectivity index (χ1v) is 16.5. The van der Waals surface area contributed by atoms with Gasteiger partial charge >= 0.3 is 0 Å². The zero-order valence-corrected chi connectivity index (χ0v) is 21.9. The smallest absolute Gasteiger partial charge is 0.193 e. The van der Waals surface area contributed by atoms with Crippen LogP contribution in [0, 0.1) is 5.92 Å². The van der Waals surface area contributed by atoms with Gasteiger partial charge in [0, 0.05) is 6.42 Å². The van der Waals surface area contributed by atoms with Gasteiger partial charge in [0.05, 0.1) is 11.7 Å². The highest BCUT2D eigenvalue weighted by Crippen LogP contribution is 2.54. The summed E-state index contributed by atoms with van der Waals surface area (Å²) in [7, 11) is -4.07. The van der Waals surface area contributed by atoms with E-state index in [1.807, 2.05) is 12.2 Å². The number of carbonyl (C=O) groups is 1. The molecule has 1 saturated carbocycles. The van der Waals surface area contributed by atoms with E-state index in [1.54, 1.807) is 0 Å². The van der Waals surface area contributed by atoms with Gasteiger partial charge in [-0.05, 0) is 66.7 Å². The van der Waals surface area contributed by atoms with Crippen LogP contribution in [0.25, 0.3) is 0 Å². The maximum absolute atomic E-state index is 12.2. The number of fused-ring (bicyclic) bond motifs is 1. The number of carbonyl (C=O) groups excluding carboxylic acids is 1. The van der Waals surface area contributed by atoms with Crippen molar-refractivity contribution in [1.82, 2.24) is 0 Å². The number of hydrogen-bond donors (Lipinski definition) is 0. The molecule has 0 aromatic rings. The average Bonchev–Trinajstić information content (AvgIpc) is 2.92. The first-order valence-electron chi connectivity index (χ1n) is 10.7. The van der Waals surface area contributed by atoms with Gasteiger partial charge in [-0.1, -0.05) is 47.6 Å². The van der Waals surface area contributed by atoms with Crippen molar-refractivity contribution in [2.75, 3.05) is 0 Å². The monoisotopic (exact) mass is 422 g/mol. The van der Waals surface area contributed by atoms with E-state index in [2.05, 4.69) is 74.3 Å². The lowest BCUT2D eigenvalue weighted by atomic mass is 9.93. The molecule has 0 heterocycles. The minimum absolute atomic E-state index is 0.102. The quantitative estimate of drug-likeness (QED) is 0.356. The summed E-state index contributed by atoms with van der Waals surface area (Å²) in [6, 6.07) is 0. The Bertz CT molecular complexity index is 664. The summed E-state index contributed by atoms with van der Waals surface area (Å²) in [6.07, 6.45) is 5.94. The molecule has 0 aromatic carbocycles. The van der Waals surface area contributed by atoms with Crippen molar-refractivity contribution in [3.05, 3.63) is 24.3 Å². The molecule has 0 aliphatic heterocycles. The molecule has 0 saturated heterocycles. The van der Waals surface area contributed by atoms with Gasteiger partial charge < -0.3 is 8.85 Å². The molecule has 0 radical (unpaired) electrons. The van der Waals surface area contributed by atoms with Crippen LogP contribution in [0.4, 0.5) is 0 Å². The van der Waals surface area contributed by atoms with Crippen LogP contribution in [0.3, 0.4) is 0 Å².